The smallest absolute Gasteiger partial charge is 0.123 e. The van der Waals surface area contributed by atoms with Crippen LogP contribution in [0.4, 0.5) is 0 Å². The summed E-state index contributed by atoms with van der Waals surface area (Å²) in [6, 6.07) is 6.42. The third-order valence-corrected chi connectivity index (χ3v) is 3.84. The highest BCUT2D eigenvalue weighted by atomic mass is 16.5. The van der Waals surface area contributed by atoms with Crippen LogP contribution in [0.15, 0.2) is 24.4 Å². The summed E-state index contributed by atoms with van der Waals surface area (Å²) in [5.41, 5.74) is 3.83. The van der Waals surface area contributed by atoms with Gasteiger partial charge in [0.15, 0.2) is 0 Å². The van der Waals surface area contributed by atoms with Crippen LogP contribution in [-0.2, 0) is 19.5 Å². The average Bonchev–Trinajstić information content (AvgIpc) is 2.96. The molecule has 0 amide bonds. The molecule has 1 unspecified atom stereocenters. The number of rotatable bonds is 4. The predicted molar refractivity (Wildman–Crippen MR) is 79.0 cm³/mol. The first-order valence-corrected chi connectivity index (χ1v) is 7.09. The third-order valence-electron chi connectivity index (χ3n) is 3.84. The Morgan fingerprint density at radius 3 is 3.05 bits per heavy atom. The number of hydrogen-bond acceptors (Lipinski definition) is 3. The Kier molecular flexibility index (Phi) is 3.49. The molecule has 1 N–H and O–H groups in total. The number of fused-ring (bicyclic) bond motifs is 1. The molecular formula is C16H21N3O. The molecular weight excluding hydrogens is 250 g/mol. The van der Waals surface area contributed by atoms with Crippen molar-refractivity contribution >= 4 is 0 Å². The van der Waals surface area contributed by atoms with Gasteiger partial charge < -0.3 is 14.6 Å². The summed E-state index contributed by atoms with van der Waals surface area (Å²) in [5.74, 6) is 2.08. The fourth-order valence-corrected chi connectivity index (χ4v) is 2.84. The van der Waals surface area contributed by atoms with Gasteiger partial charge in [0.05, 0.1) is 12.2 Å². The van der Waals surface area contributed by atoms with Gasteiger partial charge in [0.1, 0.15) is 17.7 Å². The fraction of sp³-hybridized carbons (Fsp3) is 0.438. The van der Waals surface area contributed by atoms with Gasteiger partial charge in [-0.05, 0) is 32.5 Å². The van der Waals surface area contributed by atoms with Crippen molar-refractivity contribution in [2.45, 2.75) is 39.5 Å². The number of benzene rings is 1. The van der Waals surface area contributed by atoms with Gasteiger partial charge in [0.2, 0.25) is 0 Å². The first kappa shape index (κ1) is 13.2. The van der Waals surface area contributed by atoms with Crippen LogP contribution in [0.3, 0.4) is 0 Å². The van der Waals surface area contributed by atoms with E-state index >= 15 is 0 Å². The Balaban J connectivity index is 1.76. The molecule has 1 aromatic carbocycles. The van der Waals surface area contributed by atoms with Gasteiger partial charge in [0, 0.05) is 19.2 Å². The van der Waals surface area contributed by atoms with E-state index in [-0.39, 0.29) is 6.10 Å². The highest BCUT2D eigenvalue weighted by molar-refractivity contribution is 5.40. The summed E-state index contributed by atoms with van der Waals surface area (Å²) < 4.78 is 8.30. The van der Waals surface area contributed by atoms with Crippen LogP contribution in [0.5, 0.6) is 5.75 Å². The molecule has 0 fully saturated rings. The van der Waals surface area contributed by atoms with Crippen LogP contribution in [0.1, 0.15) is 22.6 Å². The molecule has 2 heterocycles. The van der Waals surface area contributed by atoms with Crippen LogP contribution >= 0.6 is 0 Å². The second kappa shape index (κ2) is 5.29. The second-order valence-corrected chi connectivity index (χ2v) is 5.49. The highest BCUT2D eigenvalue weighted by Gasteiger charge is 2.24. The van der Waals surface area contributed by atoms with Crippen molar-refractivity contribution in [1.29, 1.82) is 0 Å². The molecule has 0 saturated heterocycles. The first-order valence-electron chi connectivity index (χ1n) is 7.09. The van der Waals surface area contributed by atoms with E-state index in [1.165, 1.54) is 16.8 Å². The van der Waals surface area contributed by atoms with Crippen LogP contribution in [-0.4, -0.2) is 22.7 Å². The molecule has 0 radical (unpaired) electrons. The normalized spacial score (nSPS) is 17.1. The molecule has 1 aromatic heterocycles. The van der Waals surface area contributed by atoms with Crippen molar-refractivity contribution in [3.63, 3.8) is 0 Å². The van der Waals surface area contributed by atoms with Crippen molar-refractivity contribution in [1.82, 2.24) is 14.9 Å². The molecule has 4 heteroatoms. The van der Waals surface area contributed by atoms with Crippen LogP contribution in [0, 0.1) is 13.8 Å². The number of nitrogens with zero attached hydrogens (tertiary/aromatic N) is 2. The lowest BCUT2D eigenvalue weighted by Crippen LogP contribution is -2.24. The largest absolute Gasteiger partial charge is 0.488 e. The van der Waals surface area contributed by atoms with Gasteiger partial charge in [-0.1, -0.05) is 17.7 Å². The van der Waals surface area contributed by atoms with Gasteiger partial charge in [-0.25, -0.2) is 4.98 Å². The van der Waals surface area contributed by atoms with E-state index in [1.54, 1.807) is 0 Å². The zero-order chi connectivity index (χ0) is 14.1. The highest BCUT2D eigenvalue weighted by Crippen LogP contribution is 2.30. The van der Waals surface area contributed by atoms with Crippen LogP contribution in [0.25, 0.3) is 0 Å². The topological polar surface area (TPSA) is 39.1 Å². The molecule has 0 saturated carbocycles. The Morgan fingerprint density at radius 1 is 1.40 bits per heavy atom. The Bertz CT molecular complexity index is 618. The minimum absolute atomic E-state index is 0.204. The lowest BCUT2D eigenvalue weighted by molar-refractivity contribution is 0.206. The molecule has 0 bridgehead atoms. The van der Waals surface area contributed by atoms with E-state index in [1.807, 2.05) is 20.2 Å². The molecule has 20 heavy (non-hydrogen) atoms. The molecule has 1 aliphatic rings. The number of aromatic nitrogens is 2. The first-order chi connectivity index (χ1) is 9.67. The number of hydrogen-bond donors (Lipinski definition) is 1. The Labute approximate surface area is 119 Å². The maximum Gasteiger partial charge on any atom is 0.123 e. The van der Waals surface area contributed by atoms with E-state index in [4.69, 9.17) is 4.74 Å². The zero-order valence-corrected chi connectivity index (χ0v) is 12.3. The van der Waals surface area contributed by atoms with E-state index in [0.29, 0.717) is 0 Å². The summed E-state index contributed by atoms with van der Waals surface area (Å²) in [6.45, 7) is 5.86. The average molecular weight is 271 g/mol. The van der Waals surface area contributed by atoms with E-state index in [0.717, 1.165) is 31.1 Å². The Morgan fingerprint density at radius 2 is 2.25 bits per heavy atom. The molecule has 1 aliphatic heterocycles. The van der Waals surface area contributed by atoms with Crippen molar-refractivity contribution in [2.24, 2.45) is 0 Å². The number of aryl methyl sites for hydroxylation is 2. The standard InChI is InChI=1S/C16H21N3O/c1-11-4-5-16-13(6-11)7-15(20-16)10-19-12(2)18-9-14(19)8-17-3/h4-6,9,15,17H,7-8,10H2,1-3H3. The van der Waals surface area contributed by atoms with Crippen molar-refractivity contribution in [3.8, 4) is 5.75 Å². The number of nitrogens with one attached hydrogen (secondary N) is 1. The summed E-state index contributed by atoms with van der Waals surface area (Å²) in [5, 5.41) is 3.19. The van der Waals surface area contributed by atoms with Gasteiger partial charge in [0.25, 0.3) is 0 Å². The molecule has 106 valence electrons. The SMILES string of the molecule is CNCc1cnc(C)n1CC1Cc2cc(C)ccc2O1. The molecule has 3 rings (SSSR count). The number of imidazole rings is 1. The minimum atomic E-state index is 0.204. The van der Waals surface area contributed by atoms with E-state index in [2.05, 4.69) is 40.0 Å². The molecule has 4 nitrogen and oxygen atoms in total. The van der Waals surface area contributed by atoms with E-state index in [9.17, 15) is 0 Å². The maximum absolute atomic E-state index is 6.05. The number of ether oxygens (including phenoxy) is 1. The van der Waals surface area contributed by atoms with Gasteiger partial charge in [-0.15, -0.1) is 0 Å². The Hall–Kier alpha value is -1.81. The molecule has 0 spiro atoms. The van der Waals surface area contributed by atoms with E-state index < -0.39 is 0 Å². The van der Waals surface area contributed by atoms with Gasteiger partial charge in [-0.2, -0.15) is 0 Å². The summed E-state index contributed by atoms with van der Waals surface area (Å²) >= 11 is 0. The van der Waals surface area contributed by atoms with Crippen LogP contribution in [0.2, 0.25) is 0 Å². The van der Waals surface area contributed by atoms with Crippen LogP contribution < -0.4 is 10.1 Å². The molecule has 0 aliphatic carbocycles. The lowest BCUT2D eigenvalue weighted by atomic mass is 10.1. The fourth-order valence-electron chi connectivity index (χ4n) is 2.84. The summed E-state index contributed by atoms with van der Waals surface area (Å²) in [6.07, 6.45) is 3.13. The van der Waals surface area contributed by atoms with Crippen molar-refractivity contribution in [2.75, 3.05) is 7.05 Å². The monoisotopic (exact) mass is 271 g/mol. The molecule has 2 aromatic rings. The molecule has 1 atom stereocenters. The third kappa shape index (κ3) is 2.43. The lowest BCUT2D eigenvalue weighted by Gasteiger charge is -2.15. The maximum atomic E-state index is 6.05. The quantitative estimate of drug-likeness (QED) is 0.927. The van der Waals surface area contributed by atoms with Crippen molar-refractivity contribution in [3.05, 3.63) is 47.0 Å². The summed E-state index contributed by atoms with van der Waals surface area (Å²) in [4.78, 5) is 4.41. The van der Waals surface area contributed by atoms with Gasteiger partial charge >= 0.3 is 0 Å². The second-order valence-electron chi connectivity index (χ2n) is 5.49. The summed E-state index contributed by atoms with van der Waals surface area (Å²) in [7, 11) is 1.96. The van der Waals surface area contributed by atoms with Crippen molar-refractivity contribution < 1.29 is 4.74 Å². The zero-order valence-electron chi connectivity index (χ0n) is 12.3. The van der Waals surface area contributed by atoms with Gasteiger partial charge in [-0.3, -0.25) is 0 Å². The minimum Gasteiger partial charge on any atom is -0.488 e. The predicted octanol–water partition coefficient (Wildman–Crippen LogP) is 2.22.